The zero-order valence-electron chi connectivity index (χ0n) is 10.6. The minimum absolute atomic E-state index is 0.172. The number of hydrogen-bond acceptors (Lipinski definition) is 2. The average Bonchev–Trinajstić information content (AvgIpc) is 2.72. The van der Waals surface area contributed by atoms with Crippen LogP contribution in [0.5, 0.6) is 0 Å². The highest BCUT2D eigenvalue weighted by Gasteiger charge is 2.21. The van der Waals surface area contributed by atoms with E-state index in [-0.39, 0.29) is 5.56 Å². The van der Waals surface area contributed by atoms with Crippen molar-refractivity contribution in [3.8, 4) is 0 Å². The van der Waals surface area contributed by atoms with Gasteiger partial charge < -0.3 is 5.32 Å². The molecule has 0 bridgehead atoms. The maximum Gasteiger partial charge on any atom is 0.133 e. The molecule has 3 nitrogen and oxygen atoms in total. The van der Waals surface area contributed by atoms with E-state index in [4.69, 9.17) is 0 Å². The van der Waals surface area contributed by atoms with Crippen molar-refractivity contribution in [2.45, 2.75) is 12.5 Å². The average molecular weight is 269 g/mol. The number of hydrogen-bond donors (Lipinski definition) is 1. The quantitative estimate of drug-likeness (QED) is 0.923. The maximum atomic E-state index is 13.7. The molecule has 19 heavy (non-hydrogen) atoms. The van der Waals surface area contributed by atoms with Gasteiger partial charge in [-0.25, -0.2) is 13.2 Å². The first-order valence-electron chi connectivity index (χ1n) is 5.81. The number of nitrogens with zero attached hydrogens (tertiary/aromatic N) is 2. The highest BCUT2D eigenvalue weighted by atomic mass is 19.1. The number of benzene rings is 1. The van der Waals surface area contributed by atoms with Crippen molar-refractivity contribution < 1.29 is 13.2 Å². The molecule has 2 aromatic rings. The normalized spacial score (nSPS) is 12.7. The van der Waals surface area contributed by atoms with Crippen LogP contribution in [-0.4, -0.2) is 16.8 Å². The number of nitrogens with one attached hydrogen (secondary N) is 1. The number of aromatic nitrogens is 2. The van der Waals surface area contributed by atoms with E-state index in [9.17, 15) is 13.2 Å². The molecular formula is C13H14F3N3. The standard InChI is InChI=1S/C13H14F3N3/c1-17-12(7-9-3-4-19(2)18-9)13-10(15)5-8(14)6-11(13)16/h3-6,12,17H,7H2,1-2H3. The van der Waals surface area contributed by atoms with Crippen molar-refractivity contribution >= 4 is 0 Å². The fourth-order valence-corrected chi connectivity index (χ4v) is 2.02. The first kappa shape index (κ1) is 13.6. The Morgan fingerprint density at radius 2 is 1.89 bits per heavy atom. The summed E-state index contributed by atoms with van der Waals surface area (Å²) >= 11 is 0. The van der Waals surface area contributed by atoms with E-state index < -0.39 is 23.5 Å². The van der Waals surface area contributed by atoms with Crippen LogP contribution in [0.1, 0.15) is 17.3 Å². The van der Waals surface area contributed by atoms with Crippen LogP contribution in [0.25, 0.3) is 0 Å². The molecule has 0 aliphatic heterocycles. The van der Waals surface area contributed by atoms with E-state index in [0.717, 1.165) is 0 Å². The summed E-state index contributed by atoms with van der Waals surface area (Å²) in [7, 11) is 3.35. The monoisotopic (exact) mass is 269 g/mol. The van der Waals surface area contributed by atoms with Gasteiger partial charge in [0.1, 0.15) is 17.5 Å². The van der Waals surface area contributed by atoms with Crippen molar-refractivity contribution in [2.75, 3.05) is 7.05 Å². The Balaban J connectivity index is 2.32. The van der Waals surface area contributed by atoms with Gasteiger partial charge in [-0.3, -0.25) is 4.68 Å². The van der Waals surface area contributed by atoms with E-state index >= 15 is 0 Å². The molecule has 1 aromatic carbocycles. The third-order valence-corrected chi connectivity index (χ3v) is 2.92. The van der Waals surface area contributed by atoms with Gasteiger partial charge in [-0.15, -0.1) is 0 Å². The molecule has 0 saturated carbocycles. The molecule has 0 saturated heterocycles. The molecular weight excluding hydrogens is 255 g/mol. The van der Waals surface area contributed by atoms with Crippen molar-refractivity contribution in [1.82, 2.24) is 15.1 Å². The molecule has 0 fully saturated rings. The largest absolute Gasteiger partial charge is 0.312 e. The fourth-order valence-electron chi connectivity index (χ4n) is 2.02. The van der Waals surface area contributed by atoms with Crippen LogP contribution < -0.4 is 5.32 Å². The highest BCUT2D eigenvalue weighted by molar-refractivity contribution is 5.25. The van der Waals surface area contributed by atoms with Crippen LogP contribution in [0.15, 0.2) is 24.4 Å². The van der Waals surface area contributed by atoms with Gasteiger partial charge in [0.15, 0.2) is 0 Å². The van der Waals surface area contributed by atoms with Crippen LogP contribution in [-0.2, 0) is 13.5 Å². The molecule has 1 aromatic heterocycles. The van der Waals surface area contributed by atoms with Crippen LogP contribution in [0.2, 0.25) is 0 Å². The molecule has 1 N–H and O–H groups in total. The Morgan fingerprint density at radius 3 is 2.37 bits per heavy atom. The number of likely N-dealkylation sites (N-methyl/N-ethyl adjacent to an activating group) is 1. The molecule has 0 amide bonds. The third kappa shape index (κ3) is 2.96. The molecule has 0 radical (unpaired) electrons. The Labute approximate surface area is 109 Å². The number of aryl methyl sites for hydroxylation is 1. The predicted octanol–water partition coefficient (Wildman–Crippen LogP) is 2.34. The van der Waals surface area contributed by atoms with Crippen LogP contribution in [0, 0.1) is 17.5 Å². The second-order valence-electron chi connectivity index (χ2n) is 4.31. The summed E-state index contributed by atoms with van der Waals surface area (Å²) in [4.78, 5) is 0. The highest BCUT2D eigenvalue weighted by Crippen LogP contribution is 2.24. The molecule has 1 heterocycles. The summed E-state index contributed by atoms with van der Waals surface area (Å²) in [6.07, 6.45) is 2.07. The van der Waals surface area contributed by atoms with Gasteiger partial charge in [0.05, 0.1) is 5.69 Å². The fraction of sp³-hybridized carbons (Fsp3) is 0.308. The minimum atomic E-state index is -0.925. The number of halogens is 3. The van der Waals surface area contributed by atoms with Gasteiger partial charge in [-0.05, 0) is 13.1 Å². The molecule has 6 heteroatoms. The van der Waals surface area contributed by atoms with E-state index in [1.165, 1.54) is 0 Å². The zero-order valence-corrected chi connectivity index (χ0v) is 10.6. The van der Waals surface area contributed by atoms with Crippen molar-refractivity contribution in [2.24, 2.45) is 7.05 Å². The van der Waals surface area contributed by atoms with E-state index in [1.807, 2.05) is 0 Å². The Hall–Kier alpha value is -1.82. The van der Waals surface area contributed by atoms with Crippen molar-refractivity contribution in [3.63, 3.8) is 0 Å². The second kappa shape index (κ2) is 5.44. The summed E-state index contributed by atoms with van der Waals surface area (Å²) in [6, 6.07) is 2.53. The van der Waals surface area contributed by atoms with E-state index in [2.05, 4.69) is 10.4 Å². The summed E-state index contributed by atoms with van der Waals surface area (Å²) in [6.45, 7) is 0. The molecule has 0 aliphatic rings. The lowest BCUT2D eigenvalue weighted by Gasteiger charge is -2.17. The van der Waals surface area contributed by atoms with Gasteiger partial charge in [0.2, 0.25) is 0 Å². The predicted molar refractivity (Wildman–Crippen MR) is 65.0 cm³/mol. The Kier molecular flexibility index (Phi) is 3.90. The molecule has 2 rings (SSSR count). The lowest BCUT2D eigenvalue weighted by atomic mass is 10.0. The summed E-state index contributed by atoms with van der Waals surface area (Å²) in [5, 5.41) is 6.98. The Morgan fingerprint density at radius 1 is 1.26 bits per heavy atom. The van der Waals surface area contributed by atoms with Gasteiger partial charge >= 0.3 is 0 Å². The summed E-state index contributed by atoms with van der Waals surface area (Å²) in [5.74, 6) is -2.72. The third-order valence-electron chi connectivity index (χ3n) is 2.92. The zero-order chi connectivity index (χ0) is 14.0. The smallest absolute Gasteiger partial charge is 0.133 e. The van der Waals surface area contributed by atoms with Crippen LogP contribution in [0.4, 0.5) is 13.2 Å². The lowest BCUT2D eigenvalue weighted by molar-refractivity contribution is 0.472. The van der Waals surface area contributed by atoms with E-state index in [0.29, 0.717) is 24.2 Å². The Bertz CT molecular complexity index is 557. The second-order valence-corrected chi connectivity index (χ2v) is 4.31. The van der Waals surface area contributed by atoms with E-state index in [1.54, 1.807) is 31.0 Å². The van der Waals surface area contributed by atoms with Gasteiger partial charge in [0.25, 0.3) is 0 Å². The maximum absolute atomic E-state index is 13.7. The molecule has 0 aliphatic carbocycles. The van der Waals surface area contributed by atoms with Gasteiger partial charge in [0, 0.05) is 43.4 Å². The topological polar surface area (TPSA) is 29.9 Å². The summed E-state index contributed by atoms with van der Waals surface area (Å²) < 4.78 is 41.9. The first-order chi connectivity index (χ1) is 9.01. The van der Waals surface area contributed by atoms with Gasteiger partial charge in [-0.2, -0.15) is 5.10 Å². The van der Waals surface area contributed by atoms with Crippen LogP contribution >= 0.6 is 0 Å². The molecule has 1 atom stereocenters. The van der Waals surface area contributed by atoms with Crippen LogP contribution in [0.3, 0.4) is 0 Å². The lowest BCUT2D eigenvalue weighted by Crippen LogP contribution is -2.22. The molecule has 0 spiro atoms. The minimum Gasteiger partial charge on any atom is -0.312 e. The first-order valence-corrected chi connectivity index (χ1v) is 5.81. The SMILES string of the molecule is CNC(Cc1ccn(C)n1)c1c(F)cc(F)cc1F. The number of rotatable bonds is 4. The van der Waals surface area contributed by atoms with Crippen molar-refractivity contribution in [1.29, 1.82) is 0 Å². The molecule has 102 valence electrons. The van der Waals surface area contributed by atoms with Crippen molar-refractivity contribution in [3.05, 3.63) is 53.1 Å². The van der Waals surface area contributed by atoms with Gasteiger partial charge in [-0.1, -0.05) is 0 Å². The summed E-state index contributed by atoms with van der Waals surface area (Å²) in [5.41, 5.74) is 0.527. The molecule has 1 unspecified atom stereocenters.